The van der Waals surface area contributed by atoms with Gasteiger partial charge in [-0.1, -0.05) is 0 Å². The van der Waals surface area contributed by atoms with Gasteiger partial charge in [-0.2, -0.15) is 13.2 Å². The molecule has 1 aromatic rings. The van der Waals surface area contributed by atoms with E-state index in [9.17, 15) is 22.8 Å². The summed E-state index contributed by atoms with van der Waals surface area (Å²) in [5.41, 5.74) is -2.16. The van der Waals surface area contributed by atoms with Crippen molar-refractivity contribution in [3.8, 4) is 5.75 Å². The van der Waals surface area contributed by atoms with E-state index in [0.717, 1.165) is 18.3 Å². The summed E-state index contributed by atoms with van der Waals surface area (Å²) < 4.78 is 54.7. The van der Waals surface area contributed by atoms with Crippen LogP contribution in [0.15, 0.2) is 30.0 Å². The lowest BCUT2D eigenvalue weighted by molar-refractivity contribution is -0.222. The molecular weight excluding hydrogens is 367 g/mol. The monoisotopic (exact) mass is 387 g/mol. The minimum Gasteiger partial charge on any atom is -0.488 e. The van der Waals surface area contributed by atoms with Gasteiger partial charge in [-0.25, -0.2) is 9.59 Å². The molecule has 0 aromatic heterocycles. The van der Waals surface area contributed by atoms with Gasteiger partial charge in [-0.05, 0) is 32.9 Å². The second-order valence-electron chi connectivity index (χ2n) is 7.34. The predicted molar refractivity (Wildman–Crippen MR) is 89.8 cm³/mol. The van der Waals surface area contributed by atoms with Crippen LogP contribution in [-0.4, -0.2) is 23.3 Å². The zero-order chi connectivity index (χ0) is 20.6. The molecule has 1 saturated heterocycles. The Balaban J connectivity index is 2.33. The van der Waals surface area contributed by atoms with Gasteiger partial charge in [-0.15, -0.1) is 0 Å². The molecule has 148 valence electrons. The number of alkyl halides is 3. The van der Waals surface area contributed by atoms with E-state index in [2.05, 4.69) is 5.32 Å². The van der Waals surface area contributed by atoms with Crippen molar-refractivity contribution in [2.75, 3.05) is 5.32 Å². The van der Waals surface area contributed by atoms with Gasteiger partial charge in [0.2, 0.25) is 0 Å². The van der Waals surface area contributed by atoms with Crippen LogP contribution in [0.1, 0.15) is 40.2 Å². The van der Waals surface area contributed by atoms with Gasteiger partial charge in [0, 0.05) is 31.8 Å². The summed E-state index contributed by atoms with van der Waals surface area (Å²) >= 11 is 0. The maximum atomic E-state index is 13.1. The largest absolute Gasteiger partial charge is 0.488 e. The van der Waals surface area contributed by atoms with Gasteiger partial charge in [0.25, 0.3) is 5.79 Å². The molecule has 0 unspecified atom stereocenters. The number of carbonyl (C=O) groups is 2. The summed E-state index contributed by atoms with van der Waals surface area (Å²) in [6.45, 7) is 7.85. The van der Waals surface area contributed by atoms with Crippen molar-refractivity contribution in [3.05, 3.63) is 35.5 Å². The zero-order valence-electron chi connectivity index (χ0n) is 15.5. The number of rotatable bonds is 3. The Kier molecular flexibility index (Phi) is 5.18. The maximum absolute atomic E-state index is 13.1. The molecule has 1 aliphatic heterocycles. The smallest absolute Gasteiger partial charge is 0.416 e. The molecule has 27 heavy (non-hydrogen) atoms. The topological polar surface area (TPSA) is 73.9 Å². The van der Waals surface area contributed by atoms with Gasteiger partial charge < -0.3 is 19.5 Å². The fourth-order valence-electron chi connectivity index (χ4n) is 2.19. The summed E-state index contributed by atoms with van der Waals surface area (Å²) in [6, 6.07) is 3.02. The Morgan fingerprint density at radius 2 is 1.59 bits per heavy atom. The third-order valence-corrected chi connectivity index (χ3v) is 3.16. The number of hydrogen-bond acceptors (Lipinski definition) is 6. The van der Waals surface area contributed by atoms with Crippen LogP contribution in [-0.2, 0) is 25.2 Å². The van der Waals surface area contributed by atoms with Crippen molar-refractivity contribution in [2.45, 2.75) is 52.2 Å². The van der Waals surface area contributed by atoms with E-state index in [4.69, 9.17) is 14.2 Å². The molecule has 1 fully saturated rings. The van der Waals surface area contributed by atoms with E-state index < -0.39 is 40.6 Å². The van der Waals surface area contributed by atoms with Crippen molar-refractivity contribution in [1.29, 1.82) is 0 Å². The highest BCUT2D eigenvalue weighted by Gasteiger charge is 2.39. The highest BCUT2D eigenvalue weighted by molar-refractivity contribution is 6.15. The number of ether oxygens (including phenoxy) is 3. The molecule has 0 atom stereocenters. The third-order valence-electron chi connectivity index (χ3n) is 3.16. The van der Waals surface area contributed by atoms with Gasteiger partial charge in [0.1, 0.15) is 11.4 Å². The van der Waals surface area contributed by atoms with E-state index in [1.165, 1.54) is 19.9 Å². The molecule has 1 heterocycles. The van der Waals surface area contributed by atoms with Crippen LogP contribution < -0.4 is 10.1 Å². The standard InChI is InChI=1S/C18H20F3NO5/c1-16(2,3)25-12-7-10(18(19,20)21)6-11(8-12)22-9-13-14(23)26-17(4,5)27-15(13)24/h6-9,22H,1-5H3. The first-order valence-corrected chi connectivity index (χ1v) is 8.01. The van der Waals surface area contributed by atoms with Crippen LogP contribution in [0.2, 0.25) is 0 Å². The minimum atomic E-state index is -4.60. The maximum Gasteiger partial charge on any atom is 0.416 e. The molecule has 9 heteroatoms. The van der Waals surface area contributed by atoms with E-state index in [-0.39, 0.29) is 11.4 Å². The Hall–Kier alpha value is -2.71. The van der Waals surface area contributed by atoms with E-state index in [1.54, 1.807) is 20.8 Å². The van der Waals surface area contributed by atoms with Crippen LogP contribution in [0, 0.1) is 0 Å². The number of esters is 2. The minimum absolute atomic E-state index is 0.0202. The molecule has 0 saturated carbocycles. The average molecular weight is 387 g/mol. The first-order valence-electron chi connectivity index (χ1n) is 8.01. The number of halogens is 3. The highest BCUT2D eigenvalue weighted by Crippen LogP contribution is 2.35. The van der Waals surface area contributed by atoms with E-state index in [1.807, 2.05) is 0 Å². The molecular formula is C18H20F3NO5. The number of anilines is 1. The third kappa shape index (κ3) is 5.63. The van der Waals surface area contributed by atoms with Crippen LogP contribution in [0.25, 0.3) is 0 Å². The van der Waals surface area contributed by atoms with Crippen LogP contribution in [0.3, 0.4) is 0 Å². The van der Waals surface area contributed by atoms with E-state index >= 15 is 0 Å². The lowest BCUT2D eigenvalue weighted by Crippen LogP contribution is -2.42. The normalized spacial score (nSPS) is 17.1. The Morgan fingerprint density at radius 3 is 2.07 bits per heavy atom. The predicted octanol–water partition coefficient (Wildman–Crippen LogP) is 4.01. The van der Waals surface area contributed by atoms with Crippen LogP contribution >= 0.6 is 0 Å². The van der Waals surface area contributed by atoms with Gasteiger partial charge in [-0.3, -0.25) is 0 Å². The Labute approximate surface area is 154 Å². The molecule has 1 N–H and O–H groups in total. The fraction of sp³-hybridized carbons (Fsp3) is 0.444. The highest BCUT2D eigenvalue weighted by atomic mass is 19.4. The number of benzene rings is 1. The number of carbonyl (C=O) groups excluding carboxylic acids is 2. The lowest BCUT2D eigenvalue weighted by atomic mass is 10.1. The Bertz CT molecular complexity index is 769. The second-order valence-corrected chi connectivity index (χ2v) is 7.34. The number of cyclic esters (lactones) is 2. The fourth-order valence-corrected chi connectivity index (χ4v) is 2.19. The Morgan fingerprint density at radius 1 is 1.04 bits per heavy atom. The number of hydrogen-bond donors (Lipinski definition) is 1. The molecule has 1 aliphatic rings. The molecule has 0 radical (unpaired) electrons. The van der Waals surface area contributed by atoms with Crippen LogP contribution in [0.5, 0.6) is 5.75 Å². The molecule has 6 nitrogen and oxygen atoms in total. The molecule has 2 rings (SSSR count). The molecule has 0 bridgehead atoms. The van der Waals surface area contributed by atoms with Crippen molar-refractivity contribution < 1.29 is 37.0 Å². The van der Waals surface area contributed by atoms with E-state index in [0.29, 0.717) is 0 Å². The molecule has 0 spiro atoms. The first-order chi connectivity index (χ1) is 12.2. The van der Waals surface area contributed by atoms with Crippen molar-refractivity contribution in [2.24, 2.45) is 0 Å². The quantitative estimate of drug-likeness (QED) is 0.480. The molecule has 1 aromatic carbocycles. The number of nitrogens with one attached hydrogen (secondary N) is 1. The van der Waals surface area contributed by atoms with Crippen LogP contribution in [0.4, 0.5) is 18.9 Å². The SMILES string of the molecule is CC(C)(C)Oc1cc(NC=C2C(=O)OC(C)(C)OC2=O)cc(C(F)(F)F)c1. The van der Waals surface area contributed by atoms with Crippen molar-refractivity contribution >= 4 is 17.6 Å². The average Bonchev–Trinajstić information content (AvgIpc) is 2.41. The van der Waals surface area contributed by atoms with Gasteiger partial charge in [0.05, 0.1) is 5.56 Å². The summed E-state index contributed by atoms with van der Waals surface area (Å²) in [5, 5.41) is 2.50. The van der Waals surface area contributed by atoms with Gasteiger partial charge >= 0.3 is 18.1 Å². The lowest BCUT2D eigenvalue weighted by Gasteiger charge is -2.29. The summed E-state index contributed by atoms with van der Waals surface area (Å²) in [5.74, 6) is -3.31. The zero-order valence-corrected chi connectivity index (χ0v) is 15.5. The summed E-state index contributed by atoms with van der Waals surface area (Å²) in [6.07, 6.45) is -3.66. The van der Waals surface area contributed by atoms with Gasteiger partial charge in [0.15, 0.2) is 5.57 Å². The van der Waals surface area contributed by atoms with Crippen molar-refractivity contribution in [3.63, 3.8) is 0 Å². The molecule has 0 aliphatic carbocycles. The molecule has 0 amide bonds. The first kappa shape index (κ1) is 20.6. The second kappa shape index (κ2) is 6.79. The summed E-state index contributed by atoms with van der Waals surface area (Å²) in [4.78, 5) is 23.8. The van der Waals surface area contributed by atoms with Crippen molar-refractivity contribution in [1.82, 2.24) is 0 Å². The summed E-state index contributed by atoms with van der Waals surface area (Å²) in [7, 11) is 0.